The predicted octanol–water partition coefficient (Wildman–Crippen LogP) is 17.7. The van der Waals surface area contributed by atoms with Crippen LogP contribution in [0.5, 0.6) is 0 Å². The fourth-order valence-corrected chi connectivity index (χ4v) is 8.67. The molecule has 0 aliphatic heterocycles. The van der Waals surface area contributed by atoms with Crippen molar-refractivity contribution < 1.29 is 0 Å². The fraction of sp³-hybridized carbons (Fsp3) is 1.00. The topological polar surface area (TPSA) is 0 Å². The van der Waals surface area contributed by atoms with Crippen molar-refractivity contribution in [2.45, 2.75) is 240 Å². The lowest BCUT2D eigenvalue weighted by molar-refractivity contribution is 0.176. The molecule has 2 unspecified atom stereocenters. The van der Waals surface area contributed by atoms with Crippen LogP contribution in [0, 0.1) is 71.0 Å². The molecular weight excluding hydrogens is 577 g/mol. The molecule has 10 aliphatic carbocycles. The molecule has 0 spiro atoms. The zero-order chi connectivity index (χ0) is 33.8. The second-order valence-corrected chi connectivity index (χ2v) is 19.8. The van der Waals surface area contributed by atoms with Gasteiger partial charge in [-0.15, -0.1) is 0 Å². The maximum atomic E-state index is 2.17. The Kier molecular flexibility index (Phi) is 33.4. The van der Waals surface area contributed by atoms with Crippen LogP contribution in [-0.4, -0.2) is 0 Å². The van der Waals surface area contributed by atoms with Gasteiger partial charge in [0.25, 0.3) is 0 Å². The van der Waals surface area contributed by atoms with Crippen LogP contribution in [0.2, 0.25) is 0 Å². The standard InChI is InChI=1S/2C8H14.C7H12.C6H10.4C4H10.3CH4/c1-2-8-5-3-7(1)4-6-8;1-2-7-4-5-8(3-1)6-7;1-2-7-4-3-6(1)5-7;1-2-6-3-5(1)4-6;4*1-4(2)3;;;/h2*7-8H,1-6H2;6-7H,1-5H2;5-6H,1-4H2;4*4H,1-3H3;3*1H4. The molecule has 0 nitrogen and oxygen atoms in total. The molecule has 10 aliphatic rings. The van der Waals surface area contributed by atoms with Gasteiger partial charge < -0.3 is 0 Å². The van der Waals surface area contributed by atoms with Crippen molar-refractivity contribution in [1.29, 1.82) is 0 Å². The van der Waals surface area contributed by atoms with Gasteiger partial charge in [-0.25, -0.2) is 0 Å². The van der Waals surface area contributed by atoms with Crippen molar-refractivity contribution in [2.24, 2.45) is 71.0 Å². The Balaban J connectivity index is -0.000000488. The van der Waals surface area contributed by atoms with E-state index in [1.165, 1.54) is 30.1 Å². The highest BCUT2D eigenvalue weighted by Gasteiger charge is 2.35. The molecule has 8 bridgehead atoms. The minimum atomic E-state index is 0. The third kappa shape index (κ3) is 28.7. The zero-order valence-electron chi connectivity index (χ0n) is 33.8. The first-order valence-electron chi connectivity index (χ1n) is 21.2. The van der Waals surface area contributed by atoms with Crippen LogP contribution < -0.4 is 0 Å². The van der Waals surface area contributed by atoms with Gasteiger partial charge in [-0.05, 0) is 96.7 Å². The summed E-state index contributed by atoms with van der Waals surface area (Å²) in [5, 5.41) is 0. The van der Waals surface area contributed by atoms with Crippen LogP contribution in [0.3, 0.4) is 0 Å². The van der Waals surface area contributed by atoms with Crippen molar-refractivity contribution in [3.8, 4) is 0 Å². The highest BCUT2D eigenvalue weighted by atomic mass is 14.4. The molecule has 0 aromatic carbocycles. The van der Waals surface area contributed by atoms with E-state index in [4.69, 9.17) is 0 Å². The van der Waals surface area contributed by atoms with Crippen molar-refractivity contribution in [3.63, 3.8) is 0 Å². The van der Waals surface area contributed by atoms with Crippen LogP contribution in [0.25, 0.3) is 0 Å². The second-order valence-electron chi connectivity index (χ2n) is 19.8. The van der Waals surface area contributed by atoms with Crippen LogP contribution >= 0.6 is 0 Å². The normalized spacial score (nSPS) is 31.5. The third-order valence-corrected chi connectivity index (χ3v) is 10.8. The fourth-order valence-electron chi connectivity index (χ4n) is 8.67. The van der Waals surface area contributed by atoms with Gasteiger partial charge in [0.1, 0.15) is 0 Å². The Hall–Kier alpha value is 0. The smallest absolute Gasteiger partial charge is 0.0409 e. The van der Waals surface area contributed by atoms with Gasteiger partial charge in [0.05, 0.1) is 0 Å². The minimum absolute atomic E-state index is 0. The predicted molar refractivity (Wildman–Crippen MR) is 227 cm³/mol. The summed E-state index contributed by atoms with van der Waals surface area (Å²) in [6.07, 6.45) is 32.8. The maximum Gasteiger partial charge on any atom is -0.0409 e. The summed E-state index contributed by atoms with van der Waals surface area (Å²) in [5.74, 6) is 12.7. The number of rotatable bonds is 0. The van der Waals surface area contributed by atoms with Crippen LogP contribution in [0.15, 0.2) is 0 Å². The first-order valence-corrected chi connectivity index (χ1v) is 21.2. The summed E-state index contributed by atoms with van der Waals surface area (Å²) in [7, 11) is 0. The summed E-state index contributed by atoms with van der Waals surface area (Å²) in [6.45, 7) is 26.0. The average Bonchev–Trinajstić information content (AvgIpc) is 3.79. The van der Waals surface area contributed by atoms with E-state index in [1.54, 1.807) is 128 Å². The lowest BCUT2D eigenvalue weighted by atomic mass is 9.71. The van der Waals surface area contributed by atoms with E-state index in [0.29, 0.717) is 0 Å². The van der Waals surface area contributed by atoms with E-state index in [1.807, 2.05) is 0 Å². The molecule has 0 aromatic heterocycles. The van der Waals surface area contributed by atoms with Gasteiger partial charge in [-0.3, -0.25) is 0 Å². The van der Waals surface area contributed by atoms with Gasteiger partial charge in [0, 0.05) is 0 Å². The van der Waals surface area contributed by atoms with E-state index in [-0.39, 0.29) is 22.3 Å². The highest BCUT2D eigenvalue weighted by molar-refractivity contribution is 4.87. The molecule has 2 atom stereocenters. The first kappa shape index (κ1) is 52.4. The van der Waals surface area contributed by atoms with E-state index >= 15 is 0 Å². The Labute approximate surface area is 310 Å². The first-order chi connectivity index (χ1) is 21.2. The Morgan fingerprint density at radius 1 is 0.229 bits per heavy atom. The van der Waals surface area contributed by atoms with E-state index < -0.39 is 0 Å². The molecule has 0 saturated heterocycles. The lowest BCUT2D eigenvalue weighted by Gasteiger charge is -2.35. The Morgan fingerprint density at radius 3 is 0.500 bits per heavy atom. The quantitative estimate of drug-likeness (QED) is 0.239. The zero-order valence-corrected chi connectivity index (χ0v) is 33.8. The molecule has 10 rings (SSSR count). The molecular formula is C48H102. The van der Waals surface area contributed by atoms with Crippen molar-refractivity contribution >= 4 is 0 Å². The van der Waals surface area contributed by atoms with Gasteiger partial charge in [0.15, 0.2) is 0 Å². The Morgan fingerprint density at radius 2 is 0.375 bits per heavy atom. The average molecular weight is 679 g/mol. The summed E-state index contributed by atoms with van der Waals surface area (Å²) < 4.78 is 0. The summed E-state index contributed by atoms with van der Waals surface area (Å²) in [6, 6.07) is 0. The molecule has 10 fully saturated rings. The molecule has 0 heterocycles. The molecule has 0 amide bonds. The minimum Gasteiger partial charge on any atom is -0.0776 e. The molecule has 0 N–H and O–H groups in total. The van der Waals surface area contributed by atoms with Gasteiger partial charge in [0.2, 0.25) is 0 Å². The molecule has 294 valence electrons. The number of hydrogen-bond donors (Lipinski definition) is 0. The van der Waals surface area contributed by atoms with Gasteiger partial charge in [-0.1, -0.05) is 215 Å². The molecule has 48 heavy (non-hydrogen) atoms. The van der Waals surface area contributed by atoms with Crippen molar-refractivity contribution in [3.05, 3.63) is 0 Å². The molecule has 0 heteroatoms. The number of hydrogen-bond acceptors (Lipinski definition) is 0. The van der Waals surface area contributed by atoms with E-state index in [2.05, 4.69) is 83.1 Å². The Bertz CT molecular complexity index is 526. The van der Waals surface area contributed by atoms with E-state index in [0.717, 1.165) is 47.3 Å². The third-order valence-electron chi connectivity index (χ3n) is 10.8. The van der Waals surface area contributed by atoms with Crippen LogP contribution in [0.4, 0.5) is 0 Å². The van der Waals surface area contributed by atoms with Gasteiger partial charge in [-0.2, -0.15) is 0 Å². The largest absolute Gasteiger partial charge is 0.0776 e. The summed E-state index contributed by atoms with van der Waals surface area (Å²) in [4.78, 5) is 0. The van der Waals surface area contributed by atoms with Crippen molar-refractivity contribution in [1.82, 2.24) is 0 Å². The molecule has 0 radical (unpaired) electrons. The monoisotopic (exact) mass is 679 g/mol. The van der Waals surface area contributed by atoms with Gasteiger partial charge >= 0.3 is 0 Å². The molecule has 10 saturated carbocycles. The van der Waals surface area contributed by atoms with Crippen LogP contribution in [0.1, 0.15) is 240 Å². The highest BCUT2D eigenvalue weighted by Crippen LogP contribution is 2.48. The SMILES string of the molecule is C.C.C.C1CC2CC1C2.C1CC2CCC(C1)C2.C1CC2CCC1C2.C1CC2CCC1CC2.CC(C)C.CC(C)C.CC(C)C.CC(C)C. The van der Waals surface area contributed by atoms with Crippen LogP contribution in [-0.2, 0) is 0 Å². The second kappa shape index (κ2) is 30.6. The summed E-state index contributed by atoms with van der Waals surface area (Å²) >= 11 is 0. The summed E-state index contributed by atoms with van der Waals surface area (Å²) in [5.41, 5.74) is 0. The maximum absolute atomic E-state index is 2.17. The molecule has 0 aromatic rings. The van der Waals surface area contributed by atoms with Crippen molar-refractivity contribution in [2.75, 3.05) is 0 Å². The van der Waals surface area contributed by atoms with E-state index in [9.17, 15) is 0 Å². The lowest BCUT2D eigenvalue weighted by Crippen LogP contribution is -2.21. The number of fused-ring (bicyclic) bond motifs is 8.